The van der Waals surface area contributed by atoms with Gasteiger partial charge in [-0.15, -0.1) is 0 Å². The number of hydrogen-bond acceptors (Lipinski definition) is 7. The summed E-state index contributed by atoms with van der Waals surface area (Å²) in [7, 11) is 0. The molecule has 5 N–H and O–H groups in total. The summed E-state index contributed by atoms with van der Waals surface area (Å²) in [5.74, 6) is -0.765. The first kappa shape index (κ1) is 21.5. The Hall–Kier alpha value is -2.19. The predicted octanol–water partition coefficient (Wildman–Crippen LogP) is 3.02. The lowest BCUT2D eigenvalue weighted by Gasteiger charge is -2.33. The van der Waals surface area contributed by atoms with Crippen LogP contribution in [0.15, 0.2) is 24.3 Å². The van der Waals surface area contributed by atoms with Crippen molar-refractivity contribution in [2.24, 2.45) is 0 Å². The Kier molecular flexibility index (Phi) is 6.74. The molecule has 29 heavy (non-hydrogen) atoms. The van der Waals surface area contributed by atoms with Crippen LogP contribution in [0.5, 0.6) is 23.0 Å². The summed E-state index contributed by atoms with van der Waals surface area (Å²) >= 11 is 6.21. The molecule has 0 saturated carbocycles. The first-order valence-electron chi connectivity index (χ1n) is 9.46. The normalized spacial score (nSPS) is 21.9. The number of phenolic OH excluding ortho intramolecular Hbond substituents is 3. The van der Waals surface area contributed by atoms with Crippen molar-refractivity contribution in [2.75, 3.05) is 13.2 Å². The van der Waals surface area contributed by atoms with Gasteiger partial charge < -0.3 is 35.0 Å². The van der Waals surface area contributed by atoms with Gasteiger partial charge in [-0.2, -0.15) is 0 Å². The number of phenols is 3. The number of ether oxygens (including phenoxy) is 2. The molecule has 0 aromatic heterocycles. The molecule has 1 saturated heterocycles. The zero-order valence-electron chi connectivity index (χ0n) is 16.0. The minimum atomic E-state index is -0.904. The molecular weight excluding hydrogens is 400 g/mol. The largest absolute Gasteiger partial charge is 0.507 e. The number of halogens is 1. The van der Waals surface area contributed by atoms with Crippen molar-refractivity contribution in [3.63, 3.8) is 0 Å². The molecule has 0 radical (unpaired) electrons. The van der Waals surface area contributed by atoms with E-state index < -0.39 is 29.8 Å². The van der Waals surface area contributed by atoms with E-state index >= 15 is 0 Å². The van der Waals surface area contributed by atoms with Crippen LogP contribution in [0.4, 0.5) is 0 Å². The average molecular weight is 425 g/mol. The molecule has 3 atom stereocenters. The summed E-state index contributed by atoms with van der Waals surface area (Å²) in [5, 5.41) is 50.9. The first-order valence-corrected chi connectivity index (χ1v) is 9.84. The molecule has 3 unspecified atom stereocenters. The number of aromatic hydroxyl groups is 3. The fourth-order valence-corrected chi connectivity index (χ4v) is 3.83. The van der Waals surface area contributed by atoms with E-state index in [1.54, 1.807) is 12.1 Å². The fourth-order valence-electron chi connectivity index (χ4n) is 3.59. The lowest BCUT2D eigenvalue weighted by Crippen LogP contribution is -2.33. The Balaban J connectivity index is 1.98. The molecule has 2 aromatic carbocycles. The third-order valence-electron chi connectivity index (χ3n) is 5.01. The second kappa shape index (κ2) is 9.09. The summed E-state index contributed by atoms with van der Waals surface area (Å²) in [6.45, 7) is 2.12. The second-order valence-corrected chi connectivity index (χ2v) is 7.44. The highest BCUT2D eigenvalue weighted by atomic mass is 35.5. The van der Waals surface area contributed by atoms with Crippen LogP contribution in [0.25, 0.3) is 0 Å². The Morgan fingerprint density at radius 3 is 2.38 bits per heavy atom. The maximum atomic E-state index is 10.9. The van der Waals surface area contributed by atoms with Gasteiger partial charge in [0, 0.05) is 24.8 Å². The topological polar surface area (TPSA) is 120 Å². The number of aliphatic hydroxyl groups excluding tert-OH is 2. The molecular formula is C21H25ClO7. The van der Waals surface area contributed by atoms with E-state index in [1.165, 1.54) is 0 Å². The van der Waals surface area contributed by atoms with Crippen LogP contribution in [-0.4, -0.2) is 51.0 Å². The van der Waals surface area contributed by atoms with E-state index in [-0.39, 0.29) is 47.8 Å². The summed E-state index contributed by atoms with van der Waals surface area (Å²) < 4.78 is 11.1. The van der Waals surface area contributed by atoms with Crippen molar-refractivity contribution in [2.45, 2.75) is 44.5 Å². The number of aliphatic hydroxyl groups is 2. The Morgan fingerprint density at radius 2 is 1.76 bits per heavy atom. The standard InChI is InChI=1S/C21H25ClO7/c1-2-28-13-5-3-11(4-6-13)7-15-18(22)21(27)20(26)17(19(15)25)16-9-12(24)8-14(10-23)29-16/h3-6,12,14,16,23-27H,2,7-10H2,1H3. The van der Waals surface area contributed by atoms with Gasteiger partial charge in [0.2, 0.25) is 0 Å². The molecule has 2 aromatic rings. The zero-order chi connectivity index (χ0) is 21.1. The van der Waals surface area contributed by atoms with Gasteiger partial charge in [-0.05, 0) is 24.6 Å². The maximum Gasteiger partial charge on any atom is 0.177 e. The lowest BCUT2D eigenvalue weighted by atomic mass is 9.91. The Bertz CT molecular complexity index is 853. The fraction of sp³-hybridized carbons (Fsp3) is 0.429. The minimum Gasteiger partial charge on any atom is -0.507 e. The molecule has 0 spiro atoms. The van der Waals surface area contributed by atoms with Crippen LogP contribution >= 0.6 is 11.6 Å². The average Bonchev–Trinajstić information content (AvgIpc) is 2.71. The highest BCUT2D eigenvalue weighted by Gasteiger charge is 2.35. The van der Waals surface area contributed by atoms with Crippen molar-refractivity contribution in [1.82, 2.24) is 0 Å². The highest BCUT2D eigenvalue weighted by molar-refractivity contribution is 6.33. The molecule has 8 heteroatoms. The van der Waals surface area contributed by atoms with Gasteiger partial charge in [-0.25, -0.2) is 0 Å². The molecule has 0 aliphatic carbocycles. The van der Waals surface area contributed by atoms with Crippen molar-refractivity contribution in [3.05, 3.63) is 46.0 Å². The molecule has 7 nitrogen and oxygen atoms in total. The predicted molar refractivity (Wildman–Crippen MR) is 107 cm³/mol. The van der Waals surface area contributed by atoms with Gasteiger partial charge >= 0.3 is 0 Å². The van der Waals surface area contributed by atoms with Crippen molar-refractivity contribution in [1.29, 1.82) is 0 Å². The Labute approximate surface area is 173 Å². The van der Waals surface area contributed by atoms with Crippen molar-refractivity contribution in [3.8, 4) is 23.0 Å². The lowest BCUT2D eigenvalue weighted by molar-refractivity contribution is -0.114. The number of rotatable bonds is 6. The Morgan fingerprint density at radius 1 is 1.07 bits per heavy atom. The van der Waals surface area contributed by atoms with Crippen LogP contribution in [0.3, 0.4) is 0 Å². The van der Waals surface area contributed by atoms with Crippen LogP contribution in [-0.2, 0) is 11.2 Å². The quantitative estimate of drug-likeness (QED) is 0.357. The van der Waals surface area contributed by atoms with E-state index in [9.17, 15) is 25.5 Å². The van der Waals surface area contributed by atoms with Gasteiger partial charge in [0.05, 0.1) is 42.1 Å². The summed E-state index contributed by atoms with van der Waals surface area (Å²) in [6, 6.07) is 7.20. The smallest absolute Gasteiger partial charge is 0.177 e. The molecule has 1 heterocycles. The van der Waals surface area contributed by atoms with E-state index in [0.717, 1.165) is 5.56 Å². The van der Waals surface area contributed by atoms with Crippen LogP contribution < -0.4 is 4.74 Å². The van der Waals surface area contributed by atoms with E-state index in [1.807, 2.05) is 19.1 Å². The van der Waals surface area contributed by atoms with Crippen LogP contribution in [0.2, 0.25) is 5.02 Å². The maximum absolute atomic E-state index is 10.9. The molecule has 1 aliphatic heterocycles. The van der Waals surface area contributed by atoms with Gasteiger partial charge in [0.1, 0.15) is 11.5 Å². The first-order chi connectivity index (χ1) is 13.8. The van der Waals surface area contributed by atoms with E-state index in [2.05, 4.69) is 0 Å². The second-order valence-electron chi connectivity index (χ2n) is 7.06. The molecule has 0 bridgehead atoms. The number of hydrogen-bond donors (Lipinski definition) is 5. The van der Waals surface area contributed by atoms with Gasteiger partial charge in [0.15, 0.2) is 11.5 Å². The third kappa shape index (κ3) is 4.53. The summed E-state index contributed by atoms with van der Waals surface area (Å²) in [5.41, 5.74) is 0.981. The third-order valence-corrected chi connectivity index (χ3v) is 5.42. The van der Waals surface area contributed by atoms with Crippen molar-refractivity contribution < 1.29 is 35.0 Å². The zero-order valence-corrected chi connectivity index (χ0v) is 16.8. The van der Waals surface area contributed by atoms with Gasteiger partial charge in [-0.1, -0.05) is 23.7 Å². The van der Waals surface area contributed by atoms with E-state index in [4.69, 9.17) is 21.1 Å². The number of benzene rings is 2. The molecule has 3 rings (SSSR count). The molecule has 1 fully saturated rings. The summed E-state index contributed by atoms with van der Waals surface area (Å²) in [4.78, 5) is 0. The van der Waals surface area contributed by atoms with Crippen LogP contribution in [0.1, 0.15) is 42.6 Å². The van der Waals surface area contributed by atoms with Gasteiger partial charge in [0.25, 0.3) is 0 Å². The van der Waals surface area contributed by atoms with Crippen LogP contribution in [0, 0.1) is 0 Å². The molecule has 0 amide bonds. The highest BCUT2D eigenvalue weighted by Crippen LogP contribution is 2.51. The van der Waals surface area contributed by atoms with Gasteiger partial charge in [-0.3, -0.25) is 0 Å². The minimum absolute atomic E-state index is 0.0509. The molecule has 158 valence electrons. The SMILES string of the molecule is CCOc1ccc(Cc2c(O)c(C3CC(O)CC(CO)O3)c(O)c(O)c2Cl)cc1. The molecule has 1 aliphatic rings. The van der Waals surface area contributed by atoms with Crippen molar-refractivity contribution >= 4 is 11.6 Å². The van der Waals surface area contributed by atoms with E-state index in [0.29, 0.717) is 12.4 Å². The monoisotopic (exact) mass is 424 g/mol. The summed E-state index contributed by atoms with van der Waals surface area (Å²) in [6.07, 6.45) is -1.80.